The summed E-state index contributed by atoms with van der Waals surface area (Å²) in [6, 6.07) is 4.25. The van der Waals surface area contributed by atoms with Crippen LogP contribution in [0.3, 0.4) is 0 Å². The summed E-state index contributed by atoms with van der Waals surface area (Å²) in [5, 5.41) is 0. The highest BCUT2D eigenvalue weighted by Crippen LogP contribution is 2.23. The zero-order chi connectivity index (χ0) is 11.5. The fraction of sp³-hybridized carbons (Fsp3) is 0.615. The van der Waals surface area contributed by atoms with E-state index in [1.807, 2.05) is 0 Å². The van der Waals surface area contributed by atoms with Crippen molar-refractivity contribution < 1.29 is 0 Å². The standard InChI is InChI=1S/C13H21N3/c1-3-12-6-11(8-14)7-13(15-12)16-5-4-10(2)9-16/h6-7,10H,3-5,8-9,14H2,1-2H3. The molecule has 1 aromatic heterocycles. The Kier molecular flexibility index (Phi) is 3.44. The quantitative estimate of drug-likeness (QED) is 0.845. The van der Waals surface area contributed by atoms with Crippen LogP contribution in [0.5, 0.6) is 0 Å². The van der Waals surface area contributed by atoms with Gasteiger partial charge in [0.1, 0.15) is 5.82 Å². The maximum atomic E-state index is 5.72. The van der Waals surface area contributed by atoms with Crippen molar-refractivity contribution in [3.63, 3.8) is 0 Å². The molecule has 0 bridgehead atoms. The molecule has 1 unspecified atom stereocenters. The Morgan fingerprint density at radius 1 is 1.50 bits per heavy atom. The van der Waals surface area contributed by atoms with Gasteiger partial charge in [0.15, 0.2) is 0 Å². The number of hydrogen-bond donors (Lipinski definition) is 1. The van der Waals surface area contributed by atoms with Crippen molar-refractivity contribution >= 4 is 5.82 Å². The van der Waals surface area contributed by atoms with Crippen LogP contribution < -0.4 is 10.6 Å². The number of anilines is 1. The molecule has 0 spiro atoms. The van der Waals surface area contributed by atoms with Crippen LogP contribution in [0.2, 0.25) is 0 Å². The first-order chi connectivity index (χ1) is 7.72. The largest absolute Gasteiger partial charge is 0.356 e. The van der Waals surface area contributed by atoms with E-state index >= 15 is 0 Å². The van der Waals surface area contributed by atoms with Gasteiger partial charge in [-0.05, 0) is 36.5 Å². The minimum Gasteiger partial charge on any atom is -0.356 e. The second kappa shape index (κ2) is 4.83. The first kappa shape index (κ1) is 11.4. The predicted molar refractivity (Wildman–Crippen MR) is 67.5 cm³/mol. The molecule has 3 nitrogen and oxygen atoms in total. The van der Waals surface area contributed by atoms with Crippen molar-refractivity contribution in [2.75, 3.05) is 18.0 Å². The molecule has 16 heavy (non-hydrogen) atoms. The van der Waals surface area contributed by atoms with E-state index in [4.69, 9.17) is 5.73 Å². The van der Waals surface area contributed by atoms with Crippen LogP contribution in [0.4, 0.5) is 5.82 Å². The number of aromatic nitrogens is 1. The zero-order valence-corrected chi connectivity index (χ0v) is 10.2. The highest BCUT2D eigenvalue weighted by Gasteiger charge is 2.20. The molecule has 1 aliphatic rings. The maximum Gasteiger partial charge on any atom is 0.129 e. The summed E-state index contributed by atoms with van der Waals surface area (Å²) in [7, 11) is 0. The molecule has 1 aliphatic heterocycles. The molecule has 1 aromatic rings. The number of pyridine rings is 1. The number of nitrogens with zero attached hydrogens (tertiary/aromatic N) is 2. The van der Waals surface area contributed by atoms with Gasteiger partial charge in [0.05, 0.1) is 0 Å². The van der Waals surface area contributed by atoms with Gasteiger partial charge in [-0.15, -0.1) is 0 Å². The average Bonchev–Trinajstić information content (AvgIpc) is 2.75. The summed E-state index contributed by atoms with van der Waals surface area (Å²) < 4.78 is 0. The Bertz CT molecular complexity index is 340. The molecule has 1 saturated heterocycles. The van der Waals surface area contributed by atoms with Crippen molar-refractivity contribution in [2.24, 2.45) is 11.7 Å². The van der Waals surface area contributed by atoms with Crippen molar-refractivity contribution in [3.05, 3.63) is 23.4 Å². The van der Waals surface area contributed by atoms with Gasteiger partial charge in [-0.25, -0.2) is 4.98 Å². The SMILES string of the molecule is CCc1cc(CN)cc(N2CCC(C)C2)n1. The van der Waals surface area contributed by atoms with Crippen molar-refractivity contribution in [1.29, 1.82) is 0 Å². The van der Waals surface area contributed by atoms with Crippen LogP contribution in [-0.2, 0) is 13.0 Å². The van der Waals surface area contributed by atoms with E-state index in [0.717, 1.165) is 36.9 Å². The molecule has 1 atom stereocenters. The smallest absolute Gasteiger partial charge is 0.129 e. The highest BCUT2D eigenvalue weighted by molar-refractivity contribution is 5.43. The molecule has 2 rings (SSSR count). The summed E-state index contributed by atoms with van der Waals surface area (Å²) in [5.74, 6) is 1.90. The number of nitrogens with two attached hydrogens (primary N) is 1. The molecule has 1 fully saturated rings. The van der Waals surface area contributed by atoms with E-state index in [2.05, 4.69) is 35.9 Å². The third kappa shape index (κ3) is 2.35. The minimum absolute atomic E-state index is 0.603. The molecule has 3 heteroatoms. The molecule has 0 amide bonds. The normalized spacial score (nSPS) is 20.4. The van der Waals surface area contributed by atoms with Gasteiger partial charge in [0, 0.05) is 25.3 Å². The monoisotopic (exact) mass is 219 g/mol. The lowest BCUT2D eigenvalue weighted by atomic mass is 10.2. The van der Waals surface area contributed by atoms with E-state index in [1.165, 1.54) is 12.0 Å². The molecule has 2 heterocycles. The van der Waals surface area contributed by atoms with Gasteiger partial charge in [-0.1, -0.05) is 13.8 Å². The predicted octanol–water partition coefficient (Wildman–Crippen LogP) is 1.95. The Morgan fingerprint density at radius 3 is 2.88 bits per heavy atom. The van der Waals surface area contributed by atoms with E-state index in [-0.39, 0.29) is 0 Å². The van der Waals surface area contributed by atoms with Gasteiger partial charge in [-0.2, -0.15) is 0 Å². The van der Waals surface area contributed by atoms with E-state index < -0.39 is 0 Å². The van der Waals surface area contributed by atoms with E-state index in [9.17, 15) is 0 Å². The average molecular weight is 219 g/mol. The Labute approximate surface area is 97.7 Å². The Hall–Kier alpha value is -1.09. The lowest BCUT2D eigenvalue weighted by molar-refractivity contribution is 0.658. The Balaban J connectivity index is 2.25. The van der Waals surface area contributed by atoms with Gasteiger partial charge in [0.2, 0.25) is 0 Å². The summed E-state index contributed by atoms with van der Waals surface area (Å²) in [6.45, 7) is 7.30. The van der Waals surface area contributed by atoms with Crippen LogP contribution in [0.1, 0.15) is 31.5 Å². The van der Waals surface area contributed by atoms with Crippen LogP contribution in [0, 0.1) is 5.92 Å². The number of rotatable bonds is 3. The summed E-state index contributed by atoms with van der Waals surface area (Å²) in [5.41, 5.74) is 8.07. The first-order valence-electron chi connectivity index (χ1n) is 6.17. The summed E-state index contributed by atoms with van der Waals surface area (Å²) in [4.78, 5) is 7.06. The van der Waals surface area contributed by atoms with Gasteiger partial charge in [-0.3, -0.25) is 0 Å². The molecular weight excluding hydrogens is 198 g/mol. The van der Waals surface area contributed by atoms with E-state index in [0.29, 0.717) is 6.54 Å². The van der Waals surface area contributed by atoms with Crippen molar-refractivity contribution in [2.45, 2.75) is 33.2 Å². The third-order valence-corrected chi connectivity index (χ3v) is 3.27. The second-order valence-electron chi connectivity index (χ2n) is 4.72. The van der Waals surface area contributed by atoms with Crippen LogP contribution in [0.15, 0.2) is 12.1 Å². The van der Waals surface area contributed by atoms with Crippen LogP contribution in [0.25, 0.3) is 0 Å². The fourth-order valence-electron chi connectivity index (χ4n) is 2.24. The lowest BCUT2D eigenvalue weighted by Crippen LogP contribution is -2.21. The molecule has 2 N–H and O–H groups in total. The van der Waals surface area contributed by atoms with E-state index in [1.54, 1.807) is 0 Å². The topological polar surface area (TPSA) is 42.1 Å². The molecular formula is C13H21N3. The van der Waals surface area contributed by atoms with Gasteiger partial charge < -0.3 is 10.6 Å². The first-order valence-corrected chi connectivity index (χ1v) is 6.17. The number of aryl methyl sites for hydroxylation is 1. The van der Waals surface area contributed by atoms with Crippen molar-refractivity contribution in [1.82, 2.24) is 4.98 Å². The summed E-state index contributed by atoms with van der Waals surface area (Å²) in [6.07, 6.45) is 2.25. The second-order valence-corrected chi connectivity index (χ2v) is 4.72. The molecule has 0 radical (unpaired) electrons. The van der Waals surface area contributed by atoms with Crippen LogP contribution >= 0.6 is 0 Å². The van der Waals surface area contributed by atoms with Crippen molar-refractivity contribution in [3.8, 4) is 0 Å². The van der Waals surface area contributed by atoms with Gasteiger partial charge in [0.25, 0.3) is 0 Å². The van der Waals surface area contributed by atoms with Crippen LogP contribution in [-0.4, -0.2) is 18.1 Å². The third-order valence-electron chi connectivity index (χ3n) is 3.27. The zero-order valence-electron chi connectivity index (χ0n) is 10.2. The minimum atomic E-state index is 0.603. The number of hydrogen-bond acceptors (Lipinski definition) is 3. The Morgan fingerprint density at radius 2 is 2.31 bits per heavy atom. The highest BCUT2D eigenvalue weighted by atomic mass is 15.2. The fourth-order valence-corrected chi connectivity index (χ4v) is 2.24. The molecule has 0 aromatic carbocycles. The maximum absolute atomic E-state index is 5.72. The molecule has 0 saturated carbocycles. The lowest BCUT2D eigenvalue weighted by Gasteiger charge is -2.18. The molecule has 0 aliphatic carbocycles. The molecule has 88 valence electrons. The summed E-state index contributed by atoms with van der Waals surface area (Å²) >= 11 is 0. The van der Waals surface area contributed by atoms with Gasteiger partial charge >= 0.3 is 0 Å².